The van der Waals surface area contributed by atoms with Gasteiger partial charge in [-0.3, -0.25) is 4.79 Å². The number of carbonyl (C=O) groups is 2. The van der Waals surface area contributed by atoms with Crippen molar-refractivity contribution in [2.75, 3.05) is 6.54 Å². The van der Waals surface area contributed by atoms with Crippen LogP contribution in [0.2, 0.25) is 0 Å². The van der Waals surface area contributed by atoms with Gasteiger partial charge in [-0.15, -0.1) is 0 Å². The van der Waals surface area contributed by atoms with Crippen LogP contribution in [0.1, 0.15) is 54.5 Å². The predicted molar refractivity (Wildman–Crippen MR) is 69.2 cm³/mol. The van der Waals surface area contributed by atoms with E-state index in [0.29, 0.717) is 24.3 Å². The van der Waals surface area contributed by atoms with Crippen molar-refractivity contribution < 1.29 is 19.1 Å². The number of hydrogen-bond donors (Lipinski definition) is 1. The highest BCUT2D eigenvalue weighted by molar-refractivity contribution is 5.97. The minimum atomic E-state index is -0.934. The Morgan fingerprint density at radius 1 is 1.47 bits per heavy atom. The lowest BCUT2D eigenvalue weighted by Crippen LogP contribution is -2.40. The molecule has 2 heterocycles. The van der Waals surface area contributed by atoms with Crippen LogP contribution in [0.25, 0.3) is 0 Å². The van der Waals surface area contributed by atoms with E-state index < -0.39 is 12.0 Å². The van der Waals surface area contributed by atoms with Gasteiger partial charge in [-0.25, -0.2) is 4.79 Å². The normalized spacial score (nSPS) is 19.2. The second-order valence-electron chi connectivity index (χ2n) is 5.27. The number of nitrogens with zero attached hydrogens (tertiary/aromatic N) is 1. The van der Waals surface area contributed by atoms with Gasteiger partial charge in [0.05, 0.1) is 5.56 Å². The molecular formula is C14H19NO4. The lowest BCUT2D eigenvalue weighted by molar-refractivity contribution is -0.141. The van der Waals surface area contributed by atoms with Crippen LogP contribution in [0.3, 0.4) is 0 Å². The molecule has 1 N–H and O–H groups in total. The number of aryl methyl sites for hydroxylation is 1. The van der Waals surface area contributed by atoms with Crippen molar-refractivity contribution in [2.24, 2.45) is 0 Å². The molecule has 0 aromatic carbocycles. The van der Waals surface area contributed by atoms with Crippen LogP contribution >= 0.6 is 0 Å². The van der Waals surface area contributed by atoms with Crippen LogP contribution in [-0.2, 0) is 4.79 Å². The minimum Gasteiger partial charge on any atom is -0.480 e. The highest BCUT2D eigenvalue weighted by atomic mass is 16.4. The molecule has 5 nitrogen and oxygen atoms in total. The molecule has 1 atom stereocenters. The van der Waals surface area contributed by atoms with Crippen molar-refractivity contribution >= 4 is 11.9 Å². The van der Waals surface area contributed by atoms with Crippen molar-refractivity contribution in [3.8, 4) is 0 Å². The van der Waals surface area contributed by atoms with Gasteiger partial charge in [0.15, 0.2) is 0 Å². The zero-order valence-electron chi connectivity index (χ0n) is 11.5. The quantitative estimate of drug-likeness (QED) is 0.911. The highest BCUT2D eigenvalue weighted by Crippen LogP contribution is 2.26. The predicted octanol–water partition coefficient (Wildman–Crippen LogP) is 2.40. The second kappa shape index (κ2) is 5.07. The third-order valence-corrected chi connectivity index (χ3v) is 3.54. The Hall–Kier alpha value is -1.78. The molecule has 0 bridgehead atoms. The smallest absolute Gasteiger partial charge is 0.326 e. The molecule has 2 rings (SSSR count). The van der Waals surface area contributed by atoms with Crippen LogP contribution < -0.4 is 0 Å². The van der Waals surface area contributed by atoms with Crippen molar-refractivity contribution in [3.63, 3.8) is 0 Å². The van der Waals surface area contributed by atoms with E-state index in [9.17, 15) is 9.59 Å². The van der Waals surface area contributed by atoms with Crippen LogP contribution in [0.4, 0.5) is 0 Å². The van der Waals surface area contributed by atoms with E-state index in [1.54, 1.807) is 13.0 Å². The fraction of sp³-hybridized carbons (Fsp3) is 0.571. The summed E-state index contributed by atoms with van der Waals surface area (Å²) in [5.74, 6) is 0.347. The molecule has 0 aliphatic carbocycles. The molecule has 1 fully saturated rings. The molecule has 0 spiro atoms. The van der Waals surface area contributed by atoms with E-state index in [0.717, 1.165) is 12.2 Å². The van der Waals surface area contributed by atoms with Crippen molar-refractivity contribution in [3.05, 3.63) is 23.2 Å². The van der Waals surface area contributed by atoms with Crippen LogP contribution in [-0.4, -0.2) is 34.5 Å². The van der Waals surface area contributed by atoms with Crippen molar-refractivity contribution in [1.29, 1.82) is 0 Å². The number of hydrogen-bond acceptors (Lipinski definition) is 3. The van der Waals surface area contributed by atoms with E-state index in [2.05, 4.69) is 0 Å². The summed E-state index contributed by atoms with van der Waals surface area (Å²) in [6, 6.07) is 1.03. The Bertz CT molecular complexity index is 504. The first-order valence-electron chi connectivity index (χ1n) is 6.56. The largest absolute Gasteiger partial charge is 0.480 e. The third-order valence-electron chi connectivity index (χ3n) is 3.54. The molecule has 0 radical (unpaired) electrons. The summed E-state index contributed by atoms with van der Waals surface area (Å²) < 4.78 is 5.56. The highest BCUT2D eigenvalue weighted by Gasteiger charge is 2.35. The minimum absolute atomic E-state index is 0.203. The summed E-state index contributed by atoms with van der Waals surface area (Å²) in [5, 5.41) is 9.12. The summed E-state index contributed by atoms with van der Waals surface area (Å²) in [7, 11) is 0. The lowest BCUT2D eigenvalue weighted by Gasteiger charge is -2.20. The van der Waals surface area contributed by atoms with E-state index in [1.807, 2.05) is 13.8 Å². The average Bonchev–Trinajstić information content (AvgIpc) is 2.93. The summed E-state index contributed by atoms with van der Waals surface area (Å²) >= 11 is 0. The maximum absolute atomic E-state index is 12.4. The molecule has 1 aromatic heterocycles. The SMILES string of the molecule is Cc1oc(C(C)C)cc1C(=O)N1CCC[C@@H]1C(=O)O. The lowest BCUT2D eigenvalue weighted by atomic mass is 10.1. The Kier molecular flexibility index (Phi) is 3.64. The first-order valence-corrected chi connectivity index (χ1v) is 6.56. The molecule has 1 aromatic rings. The van der Waals surface area contributed by atoms with E-state index in [-0.39, 0.29) is 11.8 Å². The van der Waals surface area contributed by atoms with Crippen LogP contribution in [0.15, 0.2) is 10.5 Å². The van der Waals surface area contributed by atoms with E-state index in [1.165, 1.54) is 4.90 Å². The summed E-state index contributed by atoms with van der Waals surface area (Å²) in [6.07, 6.45) is 1.26. The third kappa shape index (κ3) is 2.50. The maximum atomic E-state index is 12.4. The standard InChI is InChI=1S/C14H19NO4/c1-8(2)12-7-10(9(3)19-12)13(16)15-6-4-5-11(15)14(17)18/h7-8,11H,4-6H2,1-3H3,(H,17,18)/t11-/m1/s1. The molecule has 0 unspecified atom stereocenters. The van der Waals surface area contributed by atoms with Crippen LogP contribution in [0.5, 0.6) is 0 Å². The van der Waals surface area contributed by atoms with E-state index in [4.69, 9.17) is 9.52 Å². The first-order chi connectivity index (χ1) is 8.91. The van der Waals surface area contributed by atoms with Gasteiger partial charge in [0.1, 0.15) is 17.6 Å². The fourth-order valence-corrected chi connectivity index (χ4v) is 2.42. The molecule has 0 saturated carbocycles. The summed E-state index contributed by atoms with van der Waals surface area (Å²) in [5.41, 5.74) is 0.483. The molecular weight excluding hydrogens is 246 g/mol. The molecule has 1 aliphatic heterocycles. The number of carbonyl (C=O) groups excluding carboxylic acids is 1. The number of rotatable bonds is 3. The zero-order valence-corrected chi connectivity index (χ0v) is 11.5. The van der Waals surface area contributed by atoms with Gasteiger partial charge >= 0.3 is 5.97 Å². The molecule has 19 heavy (non-hydrogen) atoms. The Morgan fingerprint density at radius 2 is 2.16 bits per heavy atom. The van der Waals surface area contributed by atoms with Gasteiger partial charge in [0.2, 0.25) is 0 Å². The van der Waals surface area contributed by atoms with Crippen molar-refractivity contribution in [1.82, 2.24) is 4.90 Å². The van der Waals surface area contributed by atoms with Crippen molar-refractivity contribution in [2.45, 2.75) is 45.6 Å². The van der Waals surface area contributed by atoms with Crippen LogP contribution in [0, 0.1) is 6.92 Å². The zero-order chi connectivity index (χ0) is 14.2. The number of carboxylic acid groups (broad SMARTS) is 1. The van der Waals surface area contributed by atoms with Gasteiger partial charge in [0.25, 0.3) is 5.91 Å². The number of likely N-dealkylation sites (tertiary alicyclic amines) is 1. The monoisotopic (exact) mass is 265 g/mol. The Labute approximate surface area is 112 Å². The Morgan fingerprint density at radius 3 is 2.68 bits per heavy atom. The number of furan rings is 1. The van der Waals surface area contributed by atoms with Gasteiger partial charge in [-0.05, 0) is 25.8 Å². The second-order valence-corrected chi connectivity index (χ2v) is 5.27. The average molecular weight is 265 g/mol. The number of amides is 1. The summed E-state index contributed by atoms with van der Waals surface area (Å²) in [4.78, 5) is 25.0. The molecule has 1 amide bonds. The Balaban J connectivity index is 2.26. The van der Waals surface area contributed by atoms with E-state index >= 15 is 0 Å². The van der Waals surface area contributed by atoms with Gasteiger partial charge in [0, 0.05) is 12.5 Å². The number of carboxylic acids is 1. The topological polar surface area (TPSA) is 70.8 Å². The molecule has 5 heteroatoms. The molecule has 104 valence electrons. The maximum Gasteiger partial charge on any atom is 0.326 e. The first kappa shape index (κ1) is 13.6. The van der Waals surface area contributed by atoms with Gasteiger partial charge < -0.3 is 14.4 Å². The molecule has 1 saturated heterocycles. The van der Waals surface area contributed by atoms with Gasteiger partial charge in [-0.1, -0.05) is 13.8 Å². The summed E-state index contributed by atoms with van der Waals surface area (Å²) in [6.45, 7) is 6.22. The fourth-order valence-electron chi connectivity index (χ4n) is 2.42. The van der Waals surface area contributed by atoms with Gasteiger partial charge in [-0.2, -0.15) is 0 Å². The number of aliphatic carboxylic acids is 1. The molecule has 1 aliphatic rings.